The minimum absolute atomic E-state index is 0.196. The molecule has 1 aromatic rings. The van der Waals surface area contributed by atoms with Crippen LogP contribution in [0.1, 0.15) is 44.6 Å². The Hall–Kier alpha value is -0.830. The van der Waals surface area contributed by atoms with E-state index in [2.05, 4.69) is 40.3 Å². The number of hydrogen-bond donors (Lipinski definition) is 1. The van der Waals surface area contributed by atoms with Gasteiger partial charge in [0.1, 0.15) is 0 Å². The first kappa shape index (κ1) is 14.6. The zero-order valence-electron chi connectivity index (χ0n) is 11.5. The lowest BCUT2D eigenvalue weighted by atomic mass is 9.88. The van der Waals surface area contributed by atoms with Crippen LogP contribution in [0.2, 0.25) is 0 Å². The highest BCUT2D eigenvalue weighted by molar-refractivity contribution is 9.09. The van der Waals surface area contributed by atoms with Crippen molar-refractivity contribution in [2.45, 2.75) is 50.3 Å². The summed E-state index contributed by atoms with van der Waals surface area (Å²) >= 11 is 3.55. The van der Waals surface area contributed by atoms with Crippen LogP contribution < -0.4 is 5.32 Å². The fourth-order valence-electron chi connectivity index (χ4n) is 2.66. The molecule has 0 aliphatic heterocycles. The second kappa shape index (κ2) is 7.09. The molecule has 0 saturated heterocycles. The van der Waals surface area contributed by atoms with E-state index in [1.54, 1.807) is 0 Å². The topological polar surface area (TPSA) is 29.1 Å². The van der Waals surface area contributed by atoms with Gasteiger partial charge in [-0.1, -0.05) is 54.2 Å². The first-order chi connectivity index (χ1) is 9.15. The van der Waals surface area contributed by atoms with Crippen molar-refractivity contribution in [3.63, 3.8) is 0 Å². The van der Waals surface area contributed by atoms with Crippen LogP contribution in [0.5, 0.6) is 0 Å². The Bertz CT molecular complexity index is 407. The van der Waals surface area contributed by atoms with Gasteiger partial charge < -0.3 is 5.32 Å². The Morgan fingerprint density at radius 1 is 1.26 bits per heavy atom. The second-order valence-electron chi connectivity index (χ2n) is 5.51. The number of nitrogens with one attached hydrogen (secondary N) is 1. The van der Waals surface area contributed by atoms with Crippen molar-refractivity contribution in [3.8, 4) is 0 Å². The van der Waals surface area contributed by atoms with Crippen molar-refractivity contribution >= 4 is 27.5 Å². The Morgan fingerprint density at radius 2 is 1.89 bits per heavy atom. The van der Waals surface area contributed by atoms with Gasteiger partial charge in [-0.05, 0) is 37.0 Å². The van der Waals surface area contributed by atoms with Crippen LogP contribution in [0.15, 0.2) is 24.3 Å². The van der Waals surface area contributed by atoms with Crippen molar-refractivity contribution in [1.29, 1.82) is 0 Å². The fraction of sp³-hybridized carbons (Fsp3) is 0.562. The lowest BCUT2D eigenvalue weighted by Gasteiger charge is -2.20. The predicted octanol–water partition coefficient (Wildman–Crippen LogP) is 4.53. The molecule has 1 aliphatic carbocycles. The smallest absolute Gasteiger partial charge is 0.227 e. The largest absolute Gasteiger partial charge is 0.326 e. The average molecular weight is 324 g/mol. The molecule has 1 aromatic carbocycles. The Kier molecular flexibility index (Phi) is 5.44. The molecule has 0 radical (unpaired) electrons. The number of rotatable bonds is 4. The highest BCUT2D eigenvalue weighted by Gasteiger charge is 2.20. The first-order valence-corrected chi connectivity index (χ1v) is 8.10. The van der Waals surface area contributed by atoms with E-state index in [0.717, 1.165) is 24.9 Å². The number of alkyl halides is 1. The van der Waals surface area contributed by atoms with E-state index < -0.39 is 0 Å². The molecule has 19 heavy (non-hydrogen) atoms. The molecule has 104 valence electrons. The third-order valence-electron chi connectivity index (χ3n) is 3.71. The van der Waals surface area contributed by atoms with Gasteiger partial charge in [0.2, 0.25) is 5.91 Å². The van der Waals surface area contributed by atoms with E-state index in [-0.39, 0.29) is 11.8 Å². The van der Waals surface area contributed by atoms with E-state index in [0.29, 0.717) is 4.83 Å². The van der Waals surface area contributed by atoms with Crippen LogP contribution in [0, 0.1) is 5.92 Å². The summed E-state index contributed by atoms with van der Waals surface area (Å²) < 4.78 is 0. The minimum Gasteiger partial charge on any atom is -0.326 e. The van der Waals surface area contributed by atoms with E-state index in [1.807, 2.05) is 12.1 Å². The van der Waals surface area contributed by atoms with Crippen LogP contribution in [-0.4, -0.2) is 10.7 Å². The normalized spacial score (nSPS) is 18.0. The predicted molar refractivity (Wildman–Crippen MR) is 83.7 cm³/mol. The summed E-state index contributed by atoms with van der Waals surface area (Å²) in [4.78, 5) is 12.6. The number of carbonyl (C=O) groups is 1. The summed E-state index contributed by atoms with van der Waals surface area (Å²) in [6.07, 6.45) is 6.77. The Labute approximate surface area is 124 Å². The van der Waals surface area contributed by atoms with E-state index in [9.17, 15) is 4.79 Å². The van der Waals surface area contributed by atoms with Crippen molar-refractivity contribution in [2.75, 3.05) is 5.32 Å². The maximum absolute atomic E-state index is 12.1. The van der Waals surface area contributed by atoms with Gasteiger partial charge in [0.05, 0.1) is 0 Å². The zero-order valence-corrected chi connectivity index (χ0v) is 13.1. The summed E-state index contributed by atoms with van der Waals surface area (Å²) in [5, 5.41) is 3.04. The quantitative estimate of drug-likeness (QED) is 0.810. The first-order valence-electron chi connectivity index (χ1n) is 7.19. The van der Waals surface area contributed by atoms with Gasteiger partial charge in [0, 0.05) is 16.4 Å². The van der Waals surface area contributed by atoms with Crippen LogP contribution in [0.4, 0.5) is 5.69 Å². The minimum atomic E-state index is 0.196. The molecule has 2 nitrogen and oxygen atoms in total. The average Bonchev–Trinajstić information content (AvgIpc) is 2.41. The number of anilines is 1. The molecule has 1 saturated carbocycles. The van der Waals surface area contributed by atoms with Crippen LogP contribution >= 0.6 is 15.9 Å². The van der Waals surface area contributed by atoms with Crippen molar-refractivity contribution < 1.29 is 4.79 Å². The lowest BCUT2D eigenvalue weighted by molar-refractivity contribution is -0.120. The third-order valence-corrected chi connectivity index (χ3v) is 4.04. The summed E-state index contributed by atoms with van der Waals surface area (Å²) in [5.74, 6) is 0.414. The molecule has 1 amide bonds. The molecule has 1 unspecified atom stereocenters. The Balaban J connectivity index is 1.89. The number of halogens is 1. The monoisotopic (exact) mass is 323 g/mol. The number of benzene rings is 1. The maximum atomic E-state index is 12.1. The molecule has 1 fully saturated rings. The molecule has 3 heteroatoms. The molecular weight excluding hydrogens is 302 g/mol. The maximum Gasteiger partial charge on any atom is 0.227 e. The number of carbonyl (C=O) groups excluding carboxylic acids is 1. The highest BCUT2D eigenvalue weighted by Crippen LogP contribution is 2.25. The summed E-state index contributed by atoms with van der Waals surface area (Å²) in [6, 6.07) is 8.19. The third kappa shape index (κ3) is 4.64. The molecule has 2 rings (SSSR count). The molecule has 0 heterocycles. The van der Waals surface area contributed by atoms with Gasteiger partial charge in [-0.25, -0.2) is 0 Å². The van der Waals surface area contributed by atoms with Crippen LogP contribution in [-0.2, 0) is 11.2 Å². The SMILES string of the molecule is CC(Br)Cc1ccc(NC(=O)C2CCCCC2)cc1. The summed E-state index contributed by atoms with van der Waals surface area (Å²) in [6.45, 7) is 2.14. The fourth-order valence-corrected chi connectivity index (χ4v) is 3.03. The number of hydrogen-bond acceptors (Lipinski definition) is 1. The van der Waals surface area contributed by atoms with E-state index in [4.69, 9.17) is 0 Å². The van der Waals surface area contributed by atoms with Crippen molar-refractivity contribution in [1.82, 2.24) is 0 Å². The summed E-state index contributed by atoms with van der Waals surface area (Å²) in [5.41, 5.74) is 2.21. The lowest BCUT2D eigenvalue weighted by Crippen LogP contribution is -2.24. The van der Waals surface area contributed by atoms with Gasteiger partial charge in [0.15, 0.2) is 0 Å². The molecule has 0 aromatic heterocycles. The van der Waals surface area contributed by atoms with Gasteiger partial charge in [-0.2, -0.15) is 0 Å². The van der Waals surface area contributed by atoms with E-state index >= 15 is 0 Å². The van der Waals surface area contributed by atoms with Crippen molar-refractivity contribution in [2.24, 2.45) is 5.92 Å². The molecule has 1 atom stereocenters. The van der Waals surface area contributed by atoms with Gasteiger partial charge in [-0.3, -0.25) is 4.79 Å². The molecule has 1 N–H and O–H groups in total. The molecule has 1 aliphatic rings. The second-order valence-corrected chi connectivity index (χ2v) is 7.07. The van der Waals surface area contributed by atoms with Crippen LogP contribution in [0.3, 0.4) is 0 Å². The highest BCUT2D eigenvalue weighted by atomic mass is 79.9. The molecule has 0 bridgehead atoms. The van der Waals surface area contributed by atoms with Gasteiger partial charge >= 0.3 is 0 Å². The zero-order chi connectivity index (χ0) is 13.7. The van der Waals surface area contributed by atoms with Gasteiger partial charge in [-0.15, -0.1) is 0 Å². The van der Waals surface area contributed by atoms with Crippen molar-refractivity contribution in [3.05, 3.63) is 29.8 Å². The summed E-state index contributed by atoms with van der Waals surface area (Å²) in [7, 11) is 0. The van der Waals surface area contributed by atoms with Gasteiger partial charge in [0.25, 0.3) is 0 Å². The van der Waals surface area contributed by atoms with Crippen LogP contribution in [0.25, 0.3) is 0 Å². The molecular formula is C16H22BrNO. The Morgan fingerprint density at radius 3 is 2.47 bits per heavy atom. The van der Waals surface area contributed by atoms with E-state index in [1.165, 1.54) is 24.8 Å². The number of amides is 1. The standard InChI is InChI=1S/C16H22BrNO/c1-12(17)11-13-7-9-15(10-8-13)18-16(19)14-5-3-2-4-6-14/h7-10,12,14H,2-6,11H2,1H3,(H,18,19). The molecule has 0 spiro atoms.